The molecule has 6 heteroatoms. The number of rotatable bonds is 4. The number of aromatic nitrogens is 2. The third-order valence-corrected chi connectivity index (χ3v) is 3.16. The van der Waals surface area contributed by atoms with Crippen LogP contribution in [0.5, 0.6) is 0 Å². The molecule has 0 saturated heterocycles. The third kappa shape index (κ3) is 2.89. The Bertz CT molecular complexity index is 560. The SMILES string of the molecule is Cc1cc(C)nc(SCc2ccoc2C(=O)O)n1. The van der Waals surface area contributed by atoms with Gasteiger partial charge in [0, 0.05) is 22.7 Å². The minimum absolute atomic E-state index is 0.0214. The zero-order chi connectivity index (χ0) is 13.1. The molecular formula is C12H12N2O3S. The molecule has 2 rings (SSSR count). The van der Waals surface area contributed by atoms with Gasteiger partial charge in [-0.25, -0.2) is 14.8 Å². The van der Waals surface area contributed by atoms with Gasteiger partial charge in [0.2, 0.25) is 5.76 Å². The van der Waals surface area contributed by atoms with Crippen molar-refractivity contribution in [3.63, 3.8) is 0 Å². The Hall–Kier alpha value is -1.82. The van der Waals surface area contributed by atoms with Gasteiger partial charge in [-0.15, -0.1) is 0 Å². The lowest BCUT2D eigenvalue weighted by Crippen LogP contribution is -1.98. The second kappa shape index (κ2) is 5.22. The zero-order valence-electron chi connectivity index (χ0n) is 10.0. The molecule has 0 aliphatic rings. The van der Waals surface area contributed by atoms with Crippen LogP contribution in [0.15, 0.2) is 28.0 Å². The summed E-state index contributed by atoms with van der Waals surface area (Å²) >= 11 is 1.39. The van der Waals surface area contributed by atoms with Crippen LogP contribution < -0.4 is 0 Å². The zero-order valence-corrected chi connectivity index (χ0v) is 10.8. The van der Waals surface area contributed by atoms with Gasteiger partial charge in [-0.3, -0.25) is 0 Å². The van der Waals surface area contributed by atoms with Gasteiger partial charge in [-0.05, 0) is 26.0 Å². The normalized spacial score (nSPS) is 10.6. The number of hydrogen-bond acceptors (Lipinski definition) is 5. The average Bonchev–Trinajstić information content (AvgIpc) is 2.73. The molecule has 0 unspecified atom stereocenters. The van der Waals surface area contributed by atoms with E-state index >= 15 is 0 Å². The summed E-state index contributed by atoms with van der Waals surface area (Å²) in [5.74, 6) is -0.607. The number of furan rings is 1. The Labute approximate surface area is 108 Å². The van der Waals surface area contributed by atoms with E-state index in [-0.39, 0.29) is 5.76 Å². The maximum absolute atomic E-state index is 10.9. The van der Waals surface area contributed by atoms with Gasteiger partial charge in [0.25, 0.3) is 0 Å². The molecule has 18 heavy (non-hydrogen) atoms. The van der Waals surface area contributed by atoms with Crippen molar-refractivity contribution in [2.75, 3.05) is 0 Å². The Morgan fingerprint density at radius 3 is 2.67 bits per heavy atom. The summed E-state index contributed by atoms with van der Waals surface area (Å²) in [4.78, 5) is 19.4. The van der Waals surface area contributed by atoms with Crippen LogP contribution in [0.4, 0.5) is 0 Å². The van der Waals surface area contributed by atoms with Crippen molar-refractivity contribution in [3.05, 3.63) is 41.1 Å². The first kappa shape index (κ1) is 12.6. The Kier molecular flexibility index (Phi) is 3.66. The van der Waals surface area contributed by atoms with Crippen LogP contribution in [0, 0.1) is 13.8 Å². The number of nitrogens with zero attached hydrogens (tertiary/aromatic N) is 2. The van der Waals surface area contributed by atoms with Crippen LogP contribution in [-0.4, -0.2) is 21.0 Å². The number of hydrogen-bond donors (Lipinski definition) is 1. The minimum Gasteiger partial charge on any atom is -0.475 e. The second-order valence-electron chi connectivity index (χ2n) is 3.80. The quantitative estimate of drug-likeness (QED) is 0.675. The van der Waals surface area contributed by atoms with Gasteiger partial charge >= 0.3 is 5.97 Å². The molecule has 94 valence electrons. The molecule has 1 N–H and O–H groups in total. The minimum atomic E-state index is -1.06. The summed E-state index contributed by atoms with van der Waals surface area (Å²) in [5, 5.41) is 9.55. The average molecular weight is 264 g/mol. The topological polar surface area (TPSA) is 76.2 Å². The summed E-state index contributed by atoms with van der Waals surface area (Å²) in [6.45, 7) is 3.80. The van der Waals surface area contributed by atoms with Crippen LogP contribution in [0.25, 0.3) is 0 Å². The van der Waals surface area contributed by atoms with E-state index in [0.717, 1.165) is 11.4 Å². The molecule has 0 spiro atoms. The van der Waals surface area contributed by atoms with Crippen LogP contribution in [0.2, 0.25) is 0 Å². The lowest BCUT2D eigenvalue weighted by atomic mass is 10.3. The predicted molar refractivity (Wildman–Crippen MR) is 66.7 cm³/mol. The summed E-state index contributed by atoms with van der Waals surface area (Å²) in [6, 6.07) is 3.55. The highest BCUT2D eigenvalue weighted by Gasteiger charge is 2.14. The molecule has 2 aromatic rings. The number of thioether (sulfide) groups is 1. The van der Waals surface area contributed by atoms with Crippen LogP contribution in [0.3, 0.4) is 0 Å². The molecule has 0 aromatic carbocycles. The molecule has 0 aliphatic carbocycles. The standard InChI is InChI=1S/C12H12N2O3S/c1-7-5-8(2)14-12(13-7)18-6-9-3-4-17-10(9)11(15)16/h3-5H,6H2,1-2H3,(H,15,16). The fraction of sp³-hybridized carbons (Fsp3) is 0.250. The van der Waals surface area contributed by atoms with E-state index in [1.807, 2.05) is 19.9 Å². The molecule has 2 aromatic heterocycles. The lowest BCUT2D eigenvalue weighted by Gasteiger charge is -2.02. The first-order valence-electron chi connectivity index (χ1n) is 5.31. The van der Waals surface area contributed by atoms with Gasteiger partial charge in [0.1, 0.15) is 0 Å². The maximum atomic E-state index is 10.9. The van der Waals surface area contributed by atoms with E-state index < -0.39 is 5.97 Å². The lowest BCUT2D eigenvalue weighted by molar-refractivity contribution is 0.0661. The highest BCUT2D eigenvalue weighted by molar-refractivity contribution is 7.98. The van der Waals surface area contributed by atoms with Crippen molar-refractivity contribution < 1.29 is 14.3 Å². The fourth-order valence-corrected chi connectivity index (χ4v) is 2.47. The van der Waals surface area contributed by atoms with Crippen molar-refractivity contribution in [3.8, 4) is 0 Å². The number of aromatic carboxylic acids is 1. The molecule has 0 amide bonds. The number of carbonyl (C=O) groups is 1. The van der Waals surface area contributed by atoms with Gasteiger partial charge in [-0.1, -0.05) is 11.8 Å². The van der Waals surface area contributed by atoms with Crippen molar-refractivity contribution in [2.24, 2.45) is 0 Å². The van der Waals surface area contributed by atoms with Crippen molar-refractivity contribution in [1.82, 2.24) is 9.97 Å². The van der Waals surface area contributed by atoms with Gasteiger partial charge in [0.15, 0.2) is 5.16 Å². The highest BCUT2D eigenvalue weighted by Crippen LogP contribution is 2.22. The largest absolute Gasteiger partial charge is 0.475 e. The summed E-state index contributed by atoms with van der Waals surface area (Å²) in [6.07, 6.45) is 1.38. The Morgan fingerprint density at radius 1 is 1.39 bits per heavy atom. The van der Waals surface area contributed by atoms with Crippen molar-refractivity contribution in [2.45, 2.75) is 24.8 Å². The molecule has 0 aliphatic heterocycles. The van der Waals surface area contributed by atoms with Crippen molar-refractivity contribution in [1.29, 1.82) is 0 Å². The fourth-order valence-electron chi connectivity index (χ4n) is 1.54. The van der Waals surface area contributed by atoms with Gasteiger partial charge in [0.05, 0.1) is 6.26 Å². The summed E-state index contributed by atoms with van der Waals surface area (Å²) < 4.78 is 4.91. The van der Waals surface area contributed by atoms with E-state index in [0.29, 0.717) is 16.5 Å². The molecule has 0 bridgehead atoms. The number of carboxylic acid groups (broad SMARTS) is 1. The van der Waals surface area contributed by atoms with Crippen LogP contribution >= 0.6 is 11.8 Å². The summed E-state index contributed by atoms with van der Waals surface area (Å²) in [7, 11) is 0. The van der Waals surface area contributed by atoms with E-state index in [1.165, 1.54) is 18.0 Å². The monoisotopic (exact) mass is 264 g/mol. The van der Waals surface area contributed by atoms with Gasteiger partial charge < -0.3 is 9.52 Å². The third-order valence-electron chi connectivity index (χ3n) is 2.26. The molecule has 2 heterocycles. The molecule has 5 nitrogen and oxygen atoms in total. The summed E-state index contributed by atoms with van der Waals surface area (Å²) in [5.41, 5.74) is 2.43. The first-order chi connectivity index (χ1) is 8.56. The Balaban J connectivity index is 2.11. The smallest absolute Gasteiger partial charge is 0.372 e. The number of aryl methyl sites for hydroxylation is 2. The van der Waals surface area contributed by atoms with Gasteiger partial charge in [-0.2, -0.15) is 0 Å². The highest BCUT2D eigenvalue weighted by atomic mass is 32.2. The van der Waals surface area contributed by atoms with E-state index in [1.54, 1.807) is 6.07 Å². The van der Waals surface area contributed by atoms with Crippen LogP contribution in [0.1, 0.15) is 27.5 Å². The Morgan fingerprint density at radius 2 is 2.06 bits per heavy atom. The van der Waals surface area contributed by atoms with E-state index in [4.69, 9.17) is 9.52 Å². The second-order valence-corrected chi connectivity index (χ2v) is 4.74. The molecule has 0 saturated carbocycles. The first-order valence-corrected chi connectivity index (χ1v) is 6.29. The molecule has 0 radical (unpaired) electrons. The van der Waals surface area contributed by atoms with E-state index in [2.05, 4.69) is 9.97 Å². The van der Waals surface area contributed by atoms with Crippen molar-refractivity contribution >= 4 is 17.7 Å². The predicted octanol–water partition coefficient (Wildman–Crippen LogP) is 2.68. The maximum Gasteiger partial charge on any atom is 0.372 e. The van der Waals surface area contributed by atoms with Crippen LogP contribution in [-0.2, 0) is 5.75 Å². The molecular weight excluding hydrogens is 252 g/mol. The number of carboxylic acids is 1. The molecule has 0 fully saturated rings. The van der Waals surface area contributed by atoms with E-state index in [9.17, 15) is 4.79 Å². The molecule has 0 atom stereocenters.